The Morgan fingerprint density at radius 3 is 0.776 bits per heavy atom. The van der Waals surface area contributed by atoms with Crippen LogP contribution in [0.4, 0.5) is 35.1 Å². The fraction of sp³-hybridized carbons (Fsp3) is 0.918. The Kier molecular flexibility index (Phi) is 28.4. The zero-order valence-electron chi connectivity index (χ0n) is 47.0. The summed E-state index contributed by atoms with van der Waals surface area (Å²) in [7, 11) is -24.1. The minimum atomic E-state index is -6.09. The van der Waals surface area contributed by atoms with E-state index in [1.807, 2.05) is 20.8 Å². The molecule has 8 aliphatic rings. The standard InChI is InChI=1S/C10H14F2O6S.C8H12F2O5S.C7H10F2O5S.C6H8F2O5S.3C6H12O/c11-10(12,19(15,16)17)8(13)18-7-5-6(7)9(14)3-1-2-4-9;9-8(10,16(12,13)14)7(11)15-6-4-2-1-3-5-6;8-7(9,15(11,12)13)6(10)14-5-3-1-2-4-5;7-6(8,14(10,11)12)5(9)13-4-2-1-3-4;3*1-6(7)4-2-3-5-6/h6-7,14H,1-5H2,(H,15,16,17);6H,1-5H2,(H,12,13,14);5H,1-4H2,(H,11,12,13);4H,1-3H2,(H,10,11,12);3*7H,2-5H2,1H3/p-4. The van der Waals surface area contributed by atoms with Gasteiger partial charge in [-0.1, -0.05) is 57.8 Å². The molecule has 0 heterocycles. The van der Waals surface area contributed by atoms with Crippen molar-refractivity contribution in [3.05, 3.63) is 0 Å². The van der Waals surface area contributed by atoms with E-state index in [0.717, 1.165) is 89.9 Å². The molecule has 8 saturated carbocycles. The normalized spacial score (nSPS) is 23.8. The lowest BCUT2D eigenvalue weighted by Crippen LogP contribution is -2.42. The van der Waals surface area contributed by atoms with Gasteiger partial charge >= 0.3 is 44.9 Å². The summed E-state index contributed by atoms with van der Waals surface area (Å²) >= 11 is 0. The van der Waals surface area contributed by atoms with Gasteiger partial charge in [0, 0.05) is 5.92 Å². The number of carbonyl (C=O) groups is 4. The van der Waals surface area contributed by atoms with Crippen LogP contribution in [0.15, 0.2) is 0 Å². The maximum Gasteiger partial charge on any atom is 0.428 e. The quantitative estimate of drug-likeness (QED) is 0.0697. The molecule has 0 aromatic heterocycles. The number of alkyl halides is 8. The number of ether oxygens (including phenoxy) is 4. The maximum atomic E-state index is 12.9. The molecule has 2 atom stereocenters. The van der Waals surface area contributed by atoms with Crippen LogP contribution >= 0.6 is 0 Å². The van der Waals surface area contributed by atoms with E-state index in [4.69, 9.17) is 0 Å². The summed E-state index contributed by atoms with van der Waals surface area (Å²) in [6.45, 7) is 5.75. The highest BCUT2D eigenvalue weighted by Gasteiger charge is 2.59. The molecule has 0 aromatic carbocycles. The average molecular weight is 1330 g/mol. The van der Waals surface area contributed by atoms with Gasteiger partial charge in [-0.05, 0) is 149 Å². The fourth-order valence-electron chi connectivity index (χ4n) is 9.59. The summed E-state index contributed by atoms with van der Waals surface area (Å²) in [6, 6.07) is 0. The van der Waals surface area contributed by atoms with Crippen molar-refractivity contribution in [3.8, 4) is 0 Å². The minimum Gasteiger partial charge on any atom is -0.743 e. The number of halogens is 8. The molecule has 0 radical (unpaired) electrons. The summed E-state index contributed by atoms with van der Waals surface area (Å²) in [4.78, 5) is 43.1. The fourth-order valence-corrected chi connectivity index (χ4v) is 10.6. The lowest BCUT2D eigenvalue weighted by atomic mass is 9.96. The van der Waals surface area contributed by atoms with Gasteiger partial charge in [-0.3, -0.25) is 0 Å². The number of hydrogen-bond acceptors (Lipinski definition) is 24. The molecule has 2 unspecified atom stereocenters. The third kappa shape index (κ3) is 25.0. The van der Waals surface area contributed by atoms with Crippen molar-refractivity contribution in [2.24, 2.45) is 5.92 Å². The van der Waals surface area contributed by atoms with Gasteiger partial charge in [-0.15, -0.1) is 0 Å². The molecular formula is C49H76F8O24S4-4. The monoisotopic (exact) mass is 1330 g/mol. The first kappa shape index (κ1) is 77.9. The summed E-state index contributed by atoms with van der Waals surface area (Å²) < 4.78 is 240. The second-order valence-electron chi connectivity index (χ2n) is 23.0. The number of rotatable bonds is 13. The molecule has 36 heteroatoms. The van der Waals surface area contributed by atoms with Gasteiger partial charge in [0.1, 0.15) is 24.4 Å². The van der Waals surface area contributed by atoms with Gasteiger partial charge in [-0.25, -0.2) is 52.8 Å². The summed E-state index contributed by atoms with van der Waals surface area (Å²) in [6.07, 6.45) is 20.2. The molecule has 0 spiro atoms. The van der Waals surface area contributed by atoms with Crippen LogP contribution in [0, 0.1) is 5.92 Å². The van der Waals surface area contributed by atoms with Crippen molar-refractivity contribution >= 4 is 64.3 Å². The van der Waals surface area contributed by atoms with E-state index in [2.05, 4.69) is 18.9 Å². The van der Waals surface area contributed by atoms with Gasteiger partial charge in [0.2, 0.25) is 0 Å². The van der Waals surface area contributed by atoms with Crippen LogP contribution < -0.4 is 0 Å². The van der Waals surface area contributed by atoms with Crippen LogP contribution in [0.1, 0.15) is 207 Å². The van der Waals surface area contributed by atoms with Gasteiger partial charge < -0.3 is 57.6 Å². The molecule has 500 valence electrons. The smallest absolute Gasteiger partial charge is 0.428 e. The Morgan fingerprint density at radius 2 is 0.576 bits per heavy atom. The van der Waals surface area contributed by atoms with E-state index in [-0.39, 0.29) is 23.2 Å². The van der Waals surface area contributed by atoms with E-state index in [0.29, 0.717) is 51.4 Å². The van der Waals surface area contributed by atoms with Crippen LogP contribution in [0.5, 0.6) is 0 Å². The van der Waals surface area contributed by atoms with E-state index >= 15 is 0 Å². The largest absolute Gasteiger partial charge is 0.743 e. The highest BCUT2D eigenvalue weighted by molar-refractivity contribution is 7.88. The van der Waals surface area contributed by atoms with Crippen molar-refractivity contribution in [1.29, 1.82) is 0 Å². The highest BCUT2D eigenvalue weighted by Crippen LogP contribution is 2.50. The second kappa shape index (κ2) is 31.0. The summed E-state index contributed by atoms with van der Waals surface area (Å²) in [5.74, 6) is -9.64. The number of aliphatic hydroxyl groups is 4. The molecule has 0 saturated heterocycles. The van der Waals surface area contributed by atoms with Gasteiger partial charge in [0.15, 0.2) is 40.5 Å². The Balaban J connectivity index is 0.000000348. The summed E-state index contributed by atoms with van der Waals surface area (Å²) in [5.41, 5.74) is -1.95. The average Bonchev–Trinajstić information content (AvgIpc) is 2.40. The molecule has 0 bridgehead atoms. The maximum absolute atomic E-state index is 12.9. The van der Waals surface area contributed by atoms with Crippen LogP contribution in [0.25, 0.3) is 0 Å². The van der Waals surface area contributed by atoms with Crippen molar-refractivity contribution in [2.75, 3.05) is 0 Å². The molecular weight excluding hydrogens is 1250 g/mol. The van der Waals surface area contributed by atoms with Crippen molar-refractivity contribution in [1.82, 2.24) is 0 Å². The van der Waals surface area contributed by atoms with E-state index < -0.39 is 121 Å². The third-order valence-corrected chi connectivity index (χ3v) is 18.3. The Labute approximate surface area is 488 Å². The molecule has 0 amide bonds. The third-order valence-electron chi connectivity index (χ3n) is 15.1. The van der Waals surface area contributed by atoms with E-state index in [1.165, 1.54) is 38.5 Å². The SMILES string of the molecule is CC1(O)CCCC1.CC1(O)CCCC1.CC1(O)CCCC1.O=C(OC1CC1C1(O)CCCC1)C(F)(F)S(=O)(=O)[O-].O=C(OC1CCC1)C(F)(F)S(=O)(=O)[O-].O=C(OC1CCCC1)C(F)(F)S(=O)(=O)[O-].O=C(OC1CCCCC1)C(F)(F)S(=O)(=O)[O-]. The molecule has 85 heavy (non-hydrogen) atoms. The van der Waals surface area contributed by atoms with Crippen LogP contribution in [0.2, 0.25) is 0 Å². The first-order valence-electron chi connectivity index (χ1n) is 27.5. The lowest BCUT2D eigenvalue weighted by Gasteiger charge is -2.27. The zero-order valence-corrected chi connectivity index (χ0v) is 50.3. The van der Waals surface area contributed by atoms with Gasteiger partial charge in [-0.2, -0.15) is 35.1 Å². The van der Waals surface area contributed by atoms with E-state index in [9.17, 15) is 127 Å². The van der Waals surface area contributed by atoms with Crippen molar-refractivity contribution in [3.63, 3.8) is 0 Å². The Hall–Kier alpha value is -3.20. The molecule has 24 nitrogen and oxygen atoms in total. The van der Waals surface area contributed by atoms with Crippen molar-refractivity contribution < 1.29 is 146 Å². The highest BCUT2D eigenvalue weighted by atomic mass is 32.2. The molecule has 8 fully saturated rings. The van der Waals surface area contributed by atoms with Crippen LogP contribution in [0.3, 0.4) is 0 Å². The first-order chi connectivity index (χ1) is 38.4. The predicted molar refractivity (Wildman–Crippen MR) is 272 cm³/mol. The summed E-state index contributed by atoms with van der Waals surface area (Å²) in [5, 5.41) is 17.6. The molecule has 8 aliphatic carbocycles. The molecule has 0 aliphatic heterocycles. The topological polar surface area (TPSA) is 415 Å². The Bertz CT molecular complexity index is 2580. The van der Waals surface area contributed by atoms with E-state index in [1.54, 1.807) is 0 Å². The second-order valence-corrected chi connectivity index (χ2v) is 28.7. The molecule has 8 rings (SSSR count). The number of esters is 4. The molecule has 4 N–H and O–H groups in total. The zero-order chi connectivity index (χ0) is 65.5. The van der Waals surface area contributed by atoms with Crippen LogP contribution in [-0.4, -0.2) is 164 Å². The lowest BCUT2D eigenvalue weighted by molar-refractivity contribution is -0.171. The minimum absolute atomic E-state index is 0.206. The van der Waals surface area contributed by atoms with Crippen molar-refractivity contribution in [2.45, 2.75) is 275 Å². The van der Waals surface area contributed by atoms with Crippen LogP contribution in [-0.2, 0) is 78.6 Å². The van der Waals surface area contributed by atoms with Gasteiger partial charge in [0.05, 0.1) is 22.4 Å². The Morgan fingerprint density at radius 1 is 0.365 bits per heavy atom. The van der Waals surface area contributed by atoms with Gasteiger partial charge in [0.25, 0.3) is 0 Å². The predicted octanol–water partition coefficient (Wildman–Crippen LogP) is 6.13. The molecule has 0 aromatic rings. The number of carbonyl (C=O) groups excluding carboxylic acids is 4. The number of hydrogen-bond donors (Lipinski definition) is 4. The first-order valence-corrected chi connectivity index (χ1v) is 33.1.